The van der Waals surface area contributed by atoms with Crippen molar-refractivity contribution in [1.82, 2.24) is 10.2 Å². The fraction of sp³-hybridized carbons (Fsp3) is 0.632. The van der Waals surface area contributed by atoms with E-state index in [9.17, 15) is 4.79 Å². The zero-order valence-corrected chi connectivity index (χ0v) is 15.4. The molecule has 2 fully saturated rings. The van der Waals surface area contributed by atoms with E-state index in [0.29, 0.717) is 25.0 Å². The molecule has 136 valence electrons. The number of carbonyl (C=O) groups is 1. The molecule has 0 radical (unpaired) electrons. The molecule has 0 aromatic heterocycles. The van der Waals surface area contributed by atoms with Gasteiger partial charge in [0.1, 0.15) is 0 Å². The van der Waals surface area contributed by atoms with Crippen LogP contribution in [0.1, 0.15) is 32.1 Å². The minimum atomic E-state index is 0.127. The largest absolute Gasteiger partial charge is 0.490 e. The van der Waals surface area contributed by atoms with E-state index in [2.05, 4.69) is 10.2 Å². The lowest BCUT2D eigenvalue weighted by molar-refractivity contribution is -0.119. The van der Waals surface area contributed by atoms with Gasteiger partial charge in [0.2, 0.25) is 5.91 Å². The van der Waals surface area contributed by atoms with Crippen LogP contribution in [0.5, 0.6) is 11.5 Å². The Balaban J connectivity index is 1.22. The second-order valence-corrected chi connectivity index (χ2v) is 8.11. The fourth-order valence-corrected chi connectivity index (χ4v) is 4.24. The van der Waals surface area contributed by atoms with Crippen molar-refractivity contribution in [2.24, 2.45) is 0 Å². The van der Waals surface area contributed by atoms with E-state index in [1.807, 2.05) is 18.2 Å². The molecule has 0 unspecified atom stereocenters. The molecule has 1 N–H and O–H groups in total. The van der Waals surface area contributed by atoms with Crippen LogP contribution >= 0.6 is 11.8 Å². The normalized spacial score (nSPS) is 21.6. The molecular formula is C19H26N2O3S. The van der Waals surface area contributed by atoms with Gasteiger partial charge in [-0.25, -0.2) is 0 Å². The van der Waals surface area contributed by atoms with Gasteiger partial charge in [-0.3, -0.25) is 4.79 Å². The van der Waals surface area contributed by atoms with Crippen LogP contribution in [0.25, 0.3) is 0 Å². The van der Waals surface area contributed by atoms with E-state index in [-0.39, 0.29) is 5.91 Å². The van der Waals surface area contributed by atoms with E-state index in [1.54, 1.807) is 11.8 Å². The summed E-state index contributed by atoms with van der Waals surface area (Å²) in [6.07, 6.45) is 5.79. The van der Waals surface area contributed by atoms with Gasteiger partial charge in [0.05, 0.1) is 19.0 Å². The molecule has 1 aromatic rings. The fourth-order valence-electron chi connectivity index (χ4n) is 3.50. The summed E-state index contributed by atoms with van der Waals surface area (Å²) in [7, 11) is 0. The average molecular weight is 362 g/mol. The maximum absolute atomic E-state index is 12.3. The van der Waals surface area contributed by atoms with Crippen molar-refractivity contribution in [3.05, 3.63) is 18.2 Å². The van der Waals surface area contributed by atoms with E-state index in [0.717, 1.165) is 54.8 Å². The van der Waals surface area contributed by atoms with Crippen LogP contribution in [0, 0.1) is 0 Å². The Morgan fingerprint density at radius 3 is 2.64 bits per heavy atom. The molecule has 1 saturated carbocycles. The van der Waals surface area contributed by atoms with Crippen LogP contribution in [-0.4, -0.2) is 54.9 Å². The van der Waals surface area contributed by atoms with E-state index in [1.165, 1.54) is 12.8 Å². The van der Waals surface area contributed by atoms with Gasteiger partial charge in [-0.05, 0) is 43.9 Å². The highest BCUT2D eigenvalue weighted by Gasteiger charge is 2.32. The lowest BCUT2D eigenvalue weighted by atomic mass is 10.1. The minimum Gasteiger partial charge on any atom is -0.490 e. The first kappa shape index (κ1) is 17.0. The molecule has 0 spiro atoms. The highest BCUT2D eigenvalue weighted by atomic mass is 32.2. The van der Waals surface area contributed by atoms with Crippen molar-refractivity contribution in [3.8, 4) is 11.5 Å². The minimum absolute atomic E-state index is 0.127. The molecule has 6 heteroatoms. The number of carbonyl (C=O) groups excluding carboxylic acids is 1. The first-order valence-electron chi connectivity index (χ1n) is 9.34. The van der Waals surface area contributed by atoms with Gasteiger partial charge in [0, 0.05) is 36.5 Å². The Kier molecular flexibility index (Phi) is 5.36. The van der Waals surface area contributed by atoms with Crippen LogP contribution in [-0.2, 0) is 4.79 Å². The monoisotopic (exact) mass is 362 g/mol. The molecule has 1 saturated heterocycles. The molecule has 0 atom stereocenters. The molecule has 1 aliphatic carbocycles. The predicted molar refractivity (Wildman–Crippen MR) is 98.5 cm³/mol. The maximum atomic E-state index is 12.3. The van der Waals surface area contributed by atoms with Gasteiger partial charge in [0.25, 0.3) is 0 Å². The summed E-state index contributed by atoms with van der Waals surface area (Å²) in [5.41, 5.74) is 0. The number of amides is 1. The first-order valence-corrected chi connectivity index (χ1v) is 10.3. The number of nitrogens with zero attached hydrogens (tertiary/aromatic N) is 1. The lowest BCUT2D eigenvalue weighted by Gasteiger charge is -2.32. The second-order valence-electron chi connectivity index (χ2n) is 7.06. The molecule has 3 aliphatic rings. The van der Waals surface area contributed by atoms with E-state index in [4.69, 9.17) is 9.47 Å². The van der Waals surface area contributed by atoms with Gasteiger partial charge in [-0.2, -0.15) is 0 Å². The molecular weight excluding hydrogens is 336 g/mol. The van der Waals surface area contributed by atoms with E-state index >= 15 is 0 Å². The third-order valence-electron chi connectivity index (χ3n) is 5.05. The Bertz CT molecular complexity index is 613. The number of hydrogen-bond acceptors (Lipinski definition) is 5. The number of hydrogen-bond donors (Lipinski definition) is 1. The number of ether oxygens (including phenoxy) is 2. The molecule has 2 aliphatic heterocycles. The highest BCUT2D eigenvalue weighted by Crippen LogP contribution is 2.34. The topological polar surface area (TPSA) is 50.8 Å². The van der Waals surface area contributed by atoms with Crippen molar-refractivity contribution < 1.29 is 14.3 Å². The summed E-state index contributed by atoms with van der Waals surface area (Å²) in [5, 5.41) is 3.20. The van der Waals surface area contributed by atoms with Gasteiger partial charge in [0.15, 0.2) is 11.5 Å². The Morgan fingerprint density at radius 2 is 1.88 bits per heavy atom. The van der Waals surface area contributed by atoms with Crippen molar-refractivity contribution >= 4 is 17.7 Å². The first-order chi connectivity index (χ1) is 12.3. The van der Waals surface area contributed by atoms with Crippen molar-refractivity contribution in [1.29, 1.82) is 0 Å². The lowest BCUT2D eigenvalue weighted by Crippen LogP contribution is -2.45. The van der Waals surface area contributed by atoms with Crippen molar-refractivity contribution in [3.63, 3.8) is 0 Å². The zero-order valence-electron chi connectivity index (χ0n) is 14.5. The third-order valence-corrected chi connectivity index (χ3v) is 6.04. The molecule has 0 bridgehead atoms. The van der Waals surface area contributed by atoms with Gasteiger partial charge >= 0.3 is 0 Å². The van der Waals surface area contributed by atoms with Crippen LogP contribution < -0.4 is 14.8 Å². The van der Waals surface area contributed by atoms with Crippen LogP contribution in [0.15, 0.2) is 23.1 Å². The van der Waals surface area contributed by atoms with Crippen LogP contribution in [0.4, 0.5) is 0 Å². The highest BCUT2D eigenvalue weighted by molar-refractivity contribution is 8.00. The van der Waals surface area contributed by atoms with Crippen LogP contribution in [0.3, 0.4) is 0 Å². The standard InChI is InChI=1S/C19H26N2O3S/c22-19(20-14-6-8-21(9-7-14)15-2-3-15)13-25-16-4-5-17-18(12-16)24-11-1-10-23-17/h4-5,12,14-15H,1-3,6-11,13H2,(H,20,22). The van der Waals surface area contributed by atoms with Gasteiger partial charge in [-0.1, -0.05) is 0 Å². The molecule has 25 heavy (non-hydrogen) atoms. The average Bonchev–Trinajstić information content (AvgIpc) is 3.47. The summed E-state index contributed by atoms with van der Waals surface area (Å²) in [4.78, 5) is 15.9. The molecule has 1 aromatic carbocycles. The van der Waals surface area contributed by atoms with Crippen molar-refractivity contribution in [2.75, 3.05) is 32.1 Å². The smallest absolute Gasteiger partial charge is 0.230 e. The molecule has 4 rings (SSSR count). The predicted octanol–water partition coefficient (Wildman–Crippen LogP) is 2.68. The number of rotatable bonds is 5. The quantitative estimate of drug-likeness (QED) is 0.816. The van der Waals surface area contributed by atoms with E-state index < -0.39 is 0 Å². The summed E-state index contributed by atoms with van der Waals surface area (Å²) in [6, 6.07) is 7.10. The Hall–Kier alpha value is -1.40. The number of likely N-dealkylation sites (tertiary alicyclic amines) is 1. The number of thioether (sulfide) groups is 1. The number of nitrogens with one attached hydrogen (secondary N) is 1. The molecule has 1 amide bonds. The summed E-state index contributed by atoms with van der Waals surface area (Å²) in [5.74, 6) is 2.16. The summed E-state index contributed by atoms with van der Waals surface area (Å²) in [6.45, 7) is 3.64. The number of piperidine rings is 1. The van der Waals surface area contributed by atoms with Crippen LogP contribution in [0.2, 0.25) is 0 Å². The second kappa shape index (κ2) is 7.87. The van der Waals surface area contributed by atoms with Gasteiger partial charge < -0.3 is 19.7 Å². The summed E-state index contributed by atoms with van der Waals surface area (Å²) >= 11 is 1.55. The third kappa shape index (κ3) is 4.61. The van der Waals surface area contributed by atoms with Crippen molar-refractivity contribution in [2.45, 2.75) is 49.1 Å². The number of benzene rings is 1. The summed E-state index contributed by atoms with van der Waals surface area (Å²) < 4.78 is 11.4. The Labute approximate surface area is 153 Å². The molecule has 5 nitrogen and oxygen atoms in total. The Morgan fingerprint density at radius 1 is 1.12 bits per heavy atom. The zero-order chi connectivity index (χ0) is 17.1. The van der Waals surface area contributed by atoms with Gasteiger partial charge in [-0.15, -0.1) is 11.8 Å². The SMILES string of the molecule is O=C(CSc1ccc2c(c1)OCCCO2)NC1CCN(C2CC2)CC1. The molecule has 2 heterocycles. The maximum Gasteiger partial charge on any atom is 0.230 e. The number of fused-ring (bicyclic) bond motifs is 1.